The molecule has 0 radical (unpaired) electrons. The molecule has 1 amide bonds. The van der Waals surface area contributed by atoms with Gasteiger partial charge in [0.25, 0.3) is 11.6 Å². The number of carbonyl (C=O) groups excluding carboxylic acids is 1. The number of furan rings is 1. The molecule has 35 heavy (non-hydrogen) atoms. The molecule has 0 saturated carbocycles. The van der Waals surface area contributed by atoms with Crippen LogP contribution in [0.2, 0.25) is 0 Å². The lowest BCUT2D eigenvalue weighted by Gasteiger charge is -2.21. The fourth-order valence-corrected chi connectivity index (χ4v) is 3.29. The van der Waals surface area contributed by atoms with E-state index < -0.39 is 22.6 Å². The molecule has 2 heterocycles. The Labute approximate surface area is 195 Å². The number of hydrogen-bond donors (Lipinski definition) is 0. The number of carbonyl (C=O) groups is 1. The summed E-state index contributed by atoms with van der Waals surface area (Å²) in [7, 11) is 0. The zero-order valence-corrected chi connectivity index (χ0v) is 17.9. The van der Waals surface area contributed by atoms with Gasteiger partial charge in [-0.05, 0) is 36.4 Å². The number of non-ortho nitro benzene ring substituents is 1. The average molecular weight is 486 g/mol. The van der Waals surface area contributed by atoms with Crippen LogP contribution in [0.3, 0.4) is 0 Å². The largest absolute Gasteiger partial charge is 0.467 e. The summed E-state index contributed by atoms with van der Waals surface area (Å²) in [6.45, 7) is 0.163. The maximum Gasteiger partial charge on any atom is 0.416 e. The van der Waals surface area contributed by atoms with Gasteiger partial charge in [0.15, 0.2) is 0 Å². The predicted octanol–water partition coefficient (Wildman–Crippen LogP) is 5.14. The van der Waals surface area contributed by atoms with Crippen molar-refractivity contribution in [2.24, 2.45) is 0 Å². The van der Waals surface area contributed by atoms with Crippen LogP contribution in [-0.2, 0) is 19.1 Å². The van der Waals surface area contributed by atoms with Crippen LogP contribution in [0, 0.1) is 10.1 Å². The van der Waals surface area contributed by atoms with Gasteiger partial charge in [0.1, 0.15) is 5.76 Å². The van der Waals surface area contributed by atoms with E-state index in [2.05, 4.69) is 10.1 Å². The number of halogens is 3. The van der Waals surface area contributed by atoms with Crippen LogP contribution in [0.5, 0.6) is 0 Å². The molecule has 12 heteroatoms. The quantitative estimate of drug-likeness (QED) is 0.250. The fourth-order valence-electron chi connectivity index (χ4n) is 3.29. The lowest BCUT2D eigenvalue weighted by Crippen LogP contribution is -2.32. The first-order valence-corrected chi connectivity index (χ1v) is 10.3. The van der Waals surface area contributed by atoms with Gasteiger partial charge in [-0.3, -0.25) is 14.9 Å². The lowest BCUT2D eigenvalue weighted by atomic mass is 10.1. The summed E-state index contributed by atoms with van der Waals surface area (Å²) in [4.78, 5) is 29.1. The second-order valence-electron chi connectivity index (χ2n) is 7.45. The van der Waals surface area contributed by atoms with Crippen molar-refractivity contribution in [2.45, 2.75) is 19.1 Å². The highest BCUT2D eigenvalue weighted by molar-refractivity contribution is 5.94. The van der Waals surface area contributed by atoms with Gasteiger partial charge in [-0.15, -0.1) is 0 Å². The third kappa shape index (κ3) is 5.72. The molecule has 0 N–H and O–H groups in total. The third-order valence-corrected chi connectivity index (χ3v) is 5.05. The molecule has 0 bridgehead atoms. The number of benzene rings is 2. The van der Waals surface area contributed by atoms with E-state index in [0.29, 0.717) is 11.3 Å². The zero-order chi connectivity index (χ0) is 25.0. The van der Waals surface area contributed by atoms with Gasteiger partial charge in [0.2, 0.25) is 11.7 Å². The minimum absolute atomic E-state index is 0.0682. The highest BCUT2D eigenvalue weighted by Gasteiger charge is 2.30. The highest BCUT2D eigenvalue weighted by atomic mass is 19.4. The lowest BCUT2D eigenvalue weighted by molar-refractivity contribution is -0.384. The molecule has 0 aliphatic rings. The second-order valence-corrected chi connectivity index (χ2v) is 7.45. The van der Waals surface area contributed by atoms with E-state index in [4.69, 9.17) is 8.94 Å². The first-order valence-electron chi connectivity index (χ1n) is 10.3. The number of alkyl halides is 3. The molecule has 4 rings (SSSR count). The van der Waals surface area contributed by atoms with Gasteiger partial charge < -0.3 is 13.8 Å². The van der Waals surface area contributed by atoms with E-state index in [1.165, 1.54) is 29.4 Å². The maximum atomic E-state index is 13.1. The van der Waals surface area contributed by atoms with Gasteiger partial charge in [-0.1, -0.05) is 17.3 Å². The topological polar surface area (TPSA) is 116 Å². The summed E-state index contributed by atoms with van der Waals surface area (Å²) in [5.41, 5.74) is -0.512. The number of nitro groups is 1. The second kappa shape index (κ2) is 9.79. The van der Waals surface area contributed by atoms with Crippen LogP contribution in [-0.4, -0.2) is 32.4 Å². The van der Waals surface area contributed by atoms with Gasteiger partial charge >= 0.3 is 6.18 Å². The highest BCUT2D eigenvalue weighted by Crippen LogP contribution is 2.29. The van der Waals surface area contributed by atoms with Crippen LogP contribution < -0.4 is 0 Å². The molecule has 0 aliphatic carbocycles. The van der Waals surface area contributed by atoms with Gasteiger partial charge in [-0.2, -0.15) is 18.2 Å². The molecule has 0 unspecified atom stereocenters. The molecular weight excluding hydrogens is 469 g/mol. The molecule has 0 spiro atoms. The SMILES string of the molecule is O=C(c1ccc(C(F)(F)F)cc1)N(CCc1nc(-c2cccc([N+](=O)[O-])c2)no1)Cc1ccco1. The summed E-state index contributed by atoms with van der Waals surface area (Å²) >= 11 is 0. The summed E-state index contributed by atoms with van der Waals surface area (Å²) in [5, 5.41) is 14.8. The van der Waals surface area contributed by atoms with E-state index in [1.54, 1.807) is 18.2 Å². The van der Waals surface area contributed by atoms with Gasteiger partial charge in [0, 0.05) is 36.2 Å². The Kier molecular flexibility index (Phi) is 6.62. The van der Waals surface area contributed by atoms with Crippen LogP contribution in [0.1, 0.15) is 27.6 Å². The number of nitrogens with zero attached hydrogens (tertiary/aromatic N) is 4. The van der Waals surface area contributed by atoms with Crippen molar-refractivity contribution in [1.82, 2.24) is 15.0 Å². The van der Waals surface area contributed by atoms with Crippen molar-refractivity contribution in [3.8, 4) is 11.4 Å². The molecule has 4 aromatic rings. The van der Waals surface area contributed by atoms with Crippen LogP contribution in [0.4, 0.5) is 18.9 Å². The molecule has 2 aromatic heterocycles. The van der Waals surface area contributed by atoms with Gasteiger partial charge in [0.05, 0.1) is 23.3 Å². The monoisotopic (exact) mass is 486 g/mol. The molecular formula is C23H17F3N4O5. The Morgan fingerprint density at radius 3 is 2.51 bits per heavy atom. The minimum atomic E-state index is -4.51. The Morgan fingerprint density at radius 2 is 1.86 bits per heavy atom. The van der Waals surface area contributed by atoms with E-state index in [0.717, 1.165) is 24.3 Å². The van der Waals surface area contributed by atoms with Crippen molar-refractivity contribution in [1.29, 1.82) is 0 Å². The van der Waals surface area contributed by atoms with E-state index >= 15 is 0 Å². The Hall–Kier alpha value is -4.48. The molecule has 9 nitrogen and oxygen atoms in total. The summed E-state index contributed by atoms with van der Waals surface area (Å²) in [6.07, 6.45) is -2.93. The van der Waals surface area contributed by atoms with Crippen LogP contribution in [0.25, 0.3) is 11.4 Å². The summed E-state index contributed by atoms with van der Waals surface area (Å²) in [5.74, 6) is 0.299. The Morgan fingerprint density at radius 1 is 1.09 bits per heavy atom. The number of rotatable bonds is 8. The van der Waals surface area contributed by atoms with Crippen molar-refractivity contribution < 1.29 is 31.8 Å². The van der Waals surface area contributed by atoms with E-state index in [1.807, 2.05) is 0 Å². The summed E-state index contributed by atoms with van der Waals surface area (Å²) in [6, 6.07) is 13.0. The predicted molar refractivity (Wildman–Crippen MR) is 115 cm³/mol. The Bertz CT molecular complexity index is 1320. The Balaban J connectivity index is 1.50. The number of aromatic nitrogens is 2. The van der Waals surface area contributed by atoms with E-state index in [9.17, 15) is 28.1 Å². The maximum absolute atomic E-state index is 13.1. The molecule has 0 fully saturated rings. The first-order chi connectivity index (χ1) is 16.7. The fraction of sp³-hybridized carbons (Fsp3) is 0.174. The smallest absolute Gasteiger partial charge is 0.416 e. The molecule has 2 aromatic carbocycles. The minimum Gasteiger partial charge on any atom is -0.467 e. The number of amides is 1. The summed E-state index contributed by atoms with van der Waals surface area (Å²) < 4.78 is 49.1. The van der Waals surface area contributed by atoms with E-state index in [-0.39, 0.29) is 42.5 Å². The molecule has 0 saturated heterocycles. The van der Waals surface area contributed by atoms with Crippen LogP contribution >= 0.6 is 0 Å². The third-order valence-electron chi connectivity index (χ3n) is 5.05. The normalized spacial score (nSPS) is 11.4. The first kappa shape index (κ1) is 23.7. The van der Waals surface area contributed by atoms with Crippen LogP contribution in [0.15, 0.2) is 75.9 Å². The average Bonchev–Trinajstić information content (AvgIpc) is 3.53. The van der Waals surface area contributed by atoms with Crippen molar-refractivity contribution in [3.05, 3.63) is 99.8 Å². The number of hydrogen-bond acceptors (Lipinski definition) is 7. The molecule has 180 valence electrons. The van der Waals surface area contributed by atoms with Gasteiger partial charge in [-0.25, -0.2) is 0 Å². The zero-order valence-electron chi connectivity index (χ0n) is 17.9. The van der Waals surface area contributed by atoms with Crippen molar-refractivity contribution in [2.75, 3.05) is 6.54 Å². The molecule has 0 aliphatic heterocycles. The van der Waals surface area contributed by atoms with Crippen molar-refractivity contribution in [3.63, 3.8) is 0 Å². The van der Waals surface area contributed by atoms with Crippen molar-refractivity contribution >= 4 is 11.6 Å². The standard InChI is InChI=1S/C23H17F3N4O5/c24-23(25,26)17-8-6-15(7-9-17)22(31)29(14-19-5-2-12-34-19)11-10-20-27-21(28-35-20)16-3-1-4-18(13-16)30(32)33/h1-9,12-13H,10-11,14H2. The number of nitro benzene ring substituents is 1. The molecule has 0 atom stereocenters.